The molecule has 2 amide bonds. The van der Waals surface area contributed by atoms with Gasteiger partial charge in [0.1, 0.15) is 12.6 Å². The molecule has 0 radical (unpaired) electrons. The quantitative estimate of drug-likeness (QED) is 0.190. The number of sulfonamides is 1. The highest BCUT2D eigenvalue weighted by Crippen LogP contribution is 2.28. The highest BCUT2D eigenvalue weighted by Gasteiger charge is 2.36. The van der Waals surface area contributed by atoms with Gasteiger partial charge < -0.3 is 10.2 Å². The summed E-state index contributed by atoms with van der Waals surface area (Å²) in [6.07, 6.45) is 5.39. The molecule has 4 aromatic carbocycles. The van der Waals surface area contributed by atoms with Crippen LogP contribution in [-0.2, 0) is 32.6 Å². The van der Waals surface area contributed by atoms with Crippen LogP contribution in [0.5, 0.6) is 0 Å². The fourth-order valence-electron chi connectivity index (χ4n) is 6.15. The van der Waals surface area contributed by atoms with Crippen LogP contribution >= 0.6 is 0 Å². The van der Waals surface area contributed by atoms with Gasteiger partial charge in [-0.25, -0.2) is 8.42 Å². The second-order valence-corrected chi connectivity index (χ2v) is 14.0. The standard InChI is InChI=1S/C38H43N3O4S/c1-29-16-12-14-20-32(29)27-40(36(26-31-18-6-3-7-19-31)38(43)39-33-21-8-4-9-22-33)37(42)28-41(35-25-15-13-17-30(35)2)46(44,45)34-23-10-5-11-24-34/h3,5-7,10-20,23-25,33,36H,4,8-9,21-22,26-28H2,1-2H3,(H,39,43). The first kappa shape index (κ1) is 32.9. The van der Waals surface area contributed by atoms with Crippen molar-refractivity contribution >= 4 is 27.5 Å². The summed E-state index contributed by atoms with van der Waals surface area (Å²) >= 11 is 0. The molecule has 4 aromatic rings. The molecule has 0 aromatic heterocycles. The number of rotatable bonds is 12. The summed E-state index contributed by atoms with van der Waals surface area (Å²) in [5.41, 5.74) is 3.94. The Hall–Kier alpha value is -4.43. The van der Waals surface area contributed by atoms with Crippen molar-refractivity contribution in [2.75, 3.05) is 10.8 Å². The zero-order valence-corrected chi connectivity index (χ0v) is 27.5. The molecule has 46 heavy (non-hydrogen) atoms. The lowest BCUT2D eigenvalue weighted by Crippen LogP contribution is -2.55. The summed E-state index contributed by atoms with van der Waals surface area (Å²) in [6, 6.07) is 32.0. The van der Waals surface area contributed by atoms with Crippen molar-refractivity contribution in [1.29, 1.82) is 0 Å². The lowest BCUT2D eigenvalue weighted by Gasteiger charge is -2.35. The molecule has 1 unspecified atom stereocenters. The predicted molar refractivity (Wildman–Crippen MR) is 183 cm³/mol. The van der Waals surface area contributed by atoms with Gasteiger partial charge in [-0.1, -0.05) is 110 Å². The SMILES string of the molecule is Cc1ccccc1CN(C(=O)CN(c1ccccc1C)S(=O)(=O)c1ccccc1)C(Cc1ccccc1)C(=O)NC1CCCCC1. The Bertz CT molecular complexity index is 1720. The van der Waals surface area contributed by atoms with Crippen LogP contribution in [0.15, 0.2) is 114 Å². The van der Waals surface area contributed by atoms with E-state index in [2.05, 4.69) is 5.32 Å². The van der Waals surface area contributed by atoms with E-state index < -0.39 is 28.5 Å². The van der Waals surface area contributed by atoms with E-state index in [0.29, 0.717) is 12.1 Å². The molecule has 0 saturated heterocycles. The van der Waals surface area contributed by atoms with Crippen LogP contribution < -0.4 is 9.62 Å². The molecule has 7 nitrogen and oxygen atoms in total. The molecule has 1 atom stereocenters. The lowest BCUT2D eigenvalue weighted by molar-refractivity contribution is -0.140. The Kier molecular flexibility index (Phi) is 10.9. The summed E-state index contributed by atoms with van der Waals surface area (Å²) in [5, 5.41) is 3.26. The lowest BCUT2D eigenvalue weighted by atomic mass is 9.94. The molecule has 0 bridgehead atoms. The first-order chi connectivity index (χ1) is 22.2. The smallest absolute Gasteiger partial charge is 0.264 e. The average molecular weight is 638 g/mol. The minimum Gasteiger partial charge on any atom is -0.352 e. The molecule has 1 N–H and O–H groups in total. The van der Waals surface area contributed by atoms with Crippen molar-refractivity contribution in [2.24, 2.45) is 0 Å². The zero-order valence-electron chi connectivity index (χ0n) is 26.6. The van der Waals surface area contributed by atoms with Crippen molar-refractivity contribution in [2.45, 2.75) is 75.9 Å². The minimum absolute atomic E-state index is 0.0527. The van der Waals surface area contributed by atoms with Crippen LogP contribution in [0.3, 0.4) is 0 Å². The molecule has 5 rings (SSSR count). The number of para-hydroxylation sites is 1. The number of nitrogens with zero attached hydrogens (tertiary/aromatic N) is 2. The second kappa shape index (κ2) is 15.2. The summed E-state index contributed by atoms with van der Waals surface area (Å²) in [4.78, 5) is 30.6. The maximum atomic E-state index is 14.7. The van der Waals surface area contributed by atoms with Gasteiger partial charge in [0.05, 0.1) is 10.6 Å². The average Bonchev–Trinajstić information content (AvgIpc) is 3.07. The van der Waals surface area contributed by atoms with E-state index in [-0.39, 0.29) is 23.4 Å². The number of anilines is 1. The summed E-state index contributed by atoms with van der Waals surface area (Å²) < 4.78 is 29.6. The Labute approximate surface area is 273 Å². The van der Waals surface area contributed by atoms with Gasteiger partial charge in [0, 0.05) is 19.0 Å². The second-order valence-electron chi connectivity index (χ2n) is 12.1. The van der Waals surface area contributed by atoms with Crippen LogP contribution in [0.2, 0.25) is 0 Å². The van der Waals surface area contributed by atoms with Gasteiger partial charge in [-0.15, -0.1) is 0 Å². The Morgan fingerprint density at radius 1 is 0.761 bits per heavy atom. The number of nitrogens with one attached hydrogen (secondary N) is 1. The van der Waals surface area contributed by atoms with E-state index in [1.165, 1.54) is 16.4 Å². The van der Waals surface area contributed by atoms with E-state index in [4.69, 9.17) is 0 Å². The van der Waals surface area contributed by atoms with Crippen molar-refractivity contribution in [3.8, 4) is 0 Å². The highest BCUT2D eigenvalue weighted by molar-refractivity contribution is 7.92. The van der Waals surface area contributed by atoms with Crippen LogP contribution in [0.1, 0.15) is 54.4 Å². The van der Waals surface area contributed by atoms with Crippen LogP contribution in [-0.4, -0.2) is 43.8 Å². The first-order valence-corrected chi connectivity index (χ1v) is 17.5. The Morgan fingerprint density at radius 2 is 1.35 bits per heavy atom. The van der Waals surface area contributed by atoms with E-state index in [1.54, 1.807) is 35.2 Å². The fraction of sp³-hybridized carbons (Fsp3) is 0.316. The van der Waals surface area contributed by atoms with Crippen molar-refractivity contribution < 1.29 is 18.0 Å². The normalized spacial score (nSPS) is 14.3. The molecular formula is C38H43N3O4S. The van der Waals surface area contributed by atoms with Gasteiger partial charge in [-0.05, 0) is 67.1 Å². The van der Waals surface area contributed by atoms with Crippen LogP contribution in [0.4, 0.5) is 5.69 Å². The molecule has 1 fully saturated rings. The third kappa shape index (κ3) is 8.04. The summed E-state index contributed by atoms with van der Waals surface area (Å²) in [5.74, 6) is -0.670. The van der Waals surface area contributed by atoms with Gasteiger partial charge in [-0.2, -0.15) is 0 Å². The van der Waals surface area contributed by atoms with Crippen molar-refractivity contribution in [1.82, 2.24) is 10.2 Å². The topological polar surface area (TPSA) is 86.8 Å². The van der Waals surface area contributed by atoms with Gasteiger partial charge in [0.25, 0.3) is 10.0 Å². The van der Waals surface area contributed by atoms with Crippen molar-refractivity contribution in [3.05, 3.63) is 131 Å². The molecule has 1 aliphatic carbocycles. The van der Waals surface area contributed by atoms with E-state index in [0.717, 1.165) is 54.4 Å². The van der Waals surface area contributed by atoms with E-state index in [9.17, 15) is 18.0 Å². The number of hydrogen-bond acceptors (Lipinski definition) is 4. The number of carbonyl (C=O) groups is 2. The molecule has 1 aliphatic rings. The summed E-state index contributed by atoms with van der Waals surface area (Å²) in [6.45, 7) is 3.50. The molecular weight excluding hydrogens is 595 g/mol. The summed E-state index contributed by atoms with van der Waals surface area (Å²) in [7, 11) is -4.13. The predicted octanol–water partition coefficient (Wildman–Crippen LogP) is 6.59. The maximum absolute atomic E-state index is 14.7. The van der Waals surface area contributed by atoms with Crippen LogP contribution in [0.25, 0.3) is 0 Å². The van der Waals surface area contributed by atoms with Gasteiger partial charge in [-0.3, -0.25) is 13.9 Å². The van der Waals surface area contributed by atoms with Gasteiger partial charge >= 0.3 is 0 Å². The fourth-order valence-corrected chi connectivity index (χ4v) is 7.65. The minimum atomic E-state index is -4.13. The first-order valence-electron chi connectivity index (χ1n) is 16.1. The number of benzene rings is 4. The Balaban J connectivity index is 1.57. The van der Waals surface area contributed by atoms with E-state index >= 15 is 0 Å². The molecule has 0 heterocycles. The number of aryl methyl sites for hydroxylation is 2. The van der Waals surface area contributed by atoms with Gasteiger partial charge in [0.2, 0.25) is 11.8 Å². The molecule has 8 heteroatoms. The molecule has 1 saturated carbocycles. The monoisotopic (exact) mass is 637 g/mol. The highest BCUT2D eigenvalue weighted by atomic mass is 32.2. The number of carbonyl (C=O) groups excluding carboxylic acids is 2. The zero-order chi connectivity index (χ0) is 32.5. The molecule has 240 valence electrons. The number of amides is 2. The Morgan fingerprint density at radius 3 is 2.00 bits per heavy atom. The van der Waals surface area contributed by atoms with E-state index in [1.807, 2.05) is 80.6 Å². The molecule has 0 aliphatic heterocycles. The third-order valence-electron chi connectivity index (χ3n) is 8.82. The maximum Gasteiger partial charge on any atom is 0.264 e. The third-order valence-corrected chi connectivity index (χ3v) is 10.6. The van der Waals surface area contributed by atoms with Crippen LogP contribution in [0, 0.1) is 13.8 Å². The van der Waals surface area contributed by atoms with Gasteiger partial charge in [0.15, 0.2) is 0 Å². The largest absolute Gasteiger partial charge is 0.352 e. The number of hydrogen-bond donors (Lipinski definition) is 1. The van der Waals surface area contributed by atoms with Crippen molar-refractivity contribution in [3.63, 3.8) is 0 Å². The molecule has 0 spiro atoms.